The summed E-state index contributed by atoms with van der Waals surface area (Å²) in [4.78, 5) is 13.2. The third-order valence-electron chi connectivity index (χ3n) is 1.37. The molecule has 0 bridgehead atoms. The Morgan fingerprint density at radius 3 is 2.56 bits per heavy atom. The number of carboxylic acids is 1. The molecule has 0 aliphatic carbocycles. The topological polar surface area (TPSA) is 88.3 Å². The molecule has 1 aromatic heterocycles. The first-order valence-electron chi connectivity index (χ1n) is 3.56. The zero-order valence-electron chi connectivity index (χ0n) is 8.09. The molecule has 0 saturated carbocycles. The first-order chi connectivity index (χ1) is 6.93. The number of aliphatic carboxylic acids is 1. The van der Waals surface area contributed by atoms with Gasteiger partial charge in [-0.25, -0.2) is 0 Å². The fraction of sp³-hybridized carbons (Fsp3) is 0.143. The van der Waals surface area contributed by atoms with Crippen LogP contribution in [0.25, 0.3) is 0 Å². The van der Waals surface area contributed by atoms with Crippen LogP contribution in [0.15, 0.2) is 0 Å². The molecule has 0 aliphatic heterocycles. The van der Waals surface area contributed by atoms with Crippen LogP contribution in [-0.4, -0.2) is 17.6 Å². The molecule has 0 amide bonds. The van der Waals surface area contributed by atoms with Gasteiger partial charge in [0.2, 0.25) is 11.8 Å². The van der Waals surface area contributed by atoms with Crippen LogP contribution >= 0.6 is 23.2 Å². The standard InChI is InChI=1S/C7H5Cl2FN2O3.Na/c8-3-5(11)4(9)7(12-6(3)10)15-1-2(13)14;/h1H2,(H2,11,12)(H,13,14);/q;+1/p-1. The SMILES string of the molecule is Nc1c(Cl)c(F)nc(OCC(=O)[O-])c1Cl.[Na+]. The zero-order chi connectivity index (χ0) is 11.6. The predicted molar refractivity (Wildman–Crippen MR) is 49.1 cm³/mol. The fourth-order valence-electron chi connectivity index (χ4n) is 0.733. The first-order valence-corrected chi connectivity index (χ1v) is 4.31. The van der Waals surface area contributed by atoms with Crippen LogP contribution in [0, 0.1) is 5.95 Å². The van der Waals surface area contributed by atoms with E-state index in [1.54, 1.807) is 0 Å². The summed E-state index contributed by atoms with van der Waals surface area (Å²) in [7, 11) is 0. The van der Waals surface area contributed by atoms with E-state index in [0.29, 0.717) is 0 Å². The van der Waals surface area contributed by atoms with Gasteiger partial charge in [-0.3, -0.25) is 0 Å². The van der Waals surface area contributed by atoms with Crippen LogP contribution in [0.1, 0.15) is 0 Å². The van der Waals surface area contributed by atoms with Crippen molar-refractivity contribution in [2.45, 2.75) is 0 Å². The molecule has 0 aromatic carbocycles. The molecule has 16 heavy (non-hydrogen) atoms. The van der Waals surface area contributed by atoms with Crippen molar-refractivity contribution in [3.63, 3.8) is 0 Å². The monoisotopic (exact) mass is 276 g/mol. The smallest absolute Gasteiger partial charge is 0.546 e. The van der Waals surface area contributed by atoms with E-state index in [4.69, 9.17) is 28.9 Å². The summed E-state index contributed by atoms with van der Waals surface area (Å²) in [6.07, 6.45) is 0. The summed E-state index contributed by atoms with van der Waals surface area (Å²) in [6, 6.07) is 0. The number of rotatable bonds is 3. The summed E-state index contributed by atoms with van der Waals surface area (Å²) in [5, 5.41) is 9.37. The fourth-order valence-corrected chi connectivity index (χ4v) is 1.11. The van der Waals surface area contributed by atoms with Crippen molar-refractivity contribution in [3.05, 3.63) is 16.0 Å². The van der Waals surface area contributed by atoms with Gasteiger partial charge in [0.15, 0.2) is 0 Å². The van der Waals surface area contributed by atoms with E-state index in [1.807, 2.05) is 0 Å². The molecule has 1 heterocycles. The Hall–Kier alpha value is -0.270. The van der Waals surface area contributed by atoms with Crippen molar-refractivity contribution in [2.75, 3.05) is 12.3 Å². The van der Waals surface area contributed by atoms with Crippen molar-refractivity contribution in [1.82, 2.24) is 4.98 Å². The van der Waals surface area contributed by atoms with Gasteiger partial charge in [-0.1, -0.05) is 23.2 Å². The van der Waals surface area contributed by atoms with Crippen molar-refractivity contribution in [2.24, 2.45) is 0 Å². The van der Waals surface area contributed by atoms with Gasteiger partial charge in [0.25, 0.3) is 0 Å². The molecule has 2 N–H and O–H groups in total. The van der Waals surface area contributed by atoms with Gasteiger partial charge in [0.05, 0.1) is 11.7 Å². The van der Waals surface area contributed by atoms with E-state index in [9.17, 15) is 14.3 Å². The number of carbonyl (C=O) groups excluding carboxylic acids is 1. The number of carbonyl (C=O) groups is 1. The summed E-state index contributed by atoms with van der Waals surface area (Å²) in [5.74, 6) is -3.03. The summed E-state index contributed by atoms with van der Waals surface area (Å²) in [6.45, 7) is -0.812. The first kappa shape index (κ1) is 15.7. The molecule has 0 spiro atoms. The third-order valence-corrected chi connectivity index (χ3v) is 2.09. The van der Waals surface area contributed by atoms with Crippen molar-refractivity contribution in [3.8, 4) is 5.88 Å². The van der Waals surface area contributed by atoms with Gasteiger partial charge in [0.1, 0.15) is 16.7 Å². The minimum atomic E-state index is -1.50. The maximum Gasteiger partial charge on any atom is 1.00 e. The Kier molecular flexibility index (Phi) is 6.35. The van der Waals surface area contributed by atoms with Crippen LogP contribution in [0.3, 0.4) is 0 Å². The Morgan fingerprint density at radius 2 is 2.06 bits per heavy atom. The molecule has 0 unspecified atom stereocenters. The molecule has 1 aromatic rings. The van der Waals surface area contributed by atoms with Gasteiger partial charge in [-0.2, -0.15) is 9.37 Å². The number of nitrogens with two attached hydrogens (primary N) is 1. The Morgan fingerprint density at radius 1 is 1.50 bits per heavy atom. The molecule has 1 rings (SSSR count). The van der Waals surface area contributed by atoms with Crippen LogP contribution in [0.2, 0.25) is 10.0 Å². The normalized spacial score (nSPS) is 9.44. The maximum atomic E-state index is 12.9. The van der Waals surface area contributed by atoms with Gasteiger partial charge in [0, 0.05) is 0 Å². The van der Waals surface area contributed by atoms with E-state index in [0.717, 1.165) is 0 Å². The maximum absolute atomic E-state index is 12.9. The van der Waals surface area contributed by atoms with Gasteiger partial charge in [-0.05, 0) is 0 Å². The quantitative estimate of drug-likeness (QED) is 0.477. The van der Waals surface area contributed by atoms with E-state index in [2.05, 4.69) is 9.72 Å². The van der Waals surface area contributed by atoms with E-state index in [1.165, 1.54) is 0 Å². The Balaban J connectivity index is 0.00000225. The molecule has 0 atom stereocenters. The number of carboxylic acid groups (broad SMARTS) is 1. The van der Waals surface area contributed by atoms with Crippen LogP contribution in [0.4, 0.5) is 10.1 Å². The second-order valence-corrected chi connectivity index (χ2v) is 3.17. The van der Waals surface area contributed by atoms with Gasteiger partial charge < -0.3 is 20.4 Å². The molecule has 9 heteroatoms. The number of aromatic nitrogens is 1. The number of hydrogen-bond acceptors (Lipinski definition) is 5. The van der Waals surface area contributed by atoms with E-state index in [-0.39, 0.29) is 40.3 Å². The second-order valence-electron chi connectivity index (χ2n) is 2.41. The Bertz CT molecular complexity index is 419. The van der Waals surface area contributed by atoms with Crippen molar-refractivity contribution >= 4 is 34.9 Å². The van der Waals surface area contributed by atoms with Crippen molar-refractivity contribution < 1.29 is 48.6 Å². The molecular weight excluding hydrogens is 273 g/mol. The minimum absolute atomic E-state index is 0. The number of pyridine rings is 1. The zero-order valence-corrected chi connectivity index (χ0v) is 11.6. The number of hydrogen-bond donors (Lipinski definition) is 1. The van der Waals surface area contributed by atoms with Gasteiger partial charge >= 0.3 is 29.6 Å². The number of nitrogen functional groups attached to an aromatic ring is 1. The summed E-state index contributed by atoms with van der Waals surface area (Å²) < 4.78 is 17.5. The van der Waals surface area contributed by atoms with Crippen LogP contribution < -0.4 is 45.1 Å². The third kappa shape index (κ3) is 3.64. The summed E-state index contributed by atoms with van der Waals surface area (Å²) in [5.41, 5.74) is 5.04. The second kappa shape index (κ2) is 6.46. The summed E-state index contributed by atoms with van der Waals surface area (Å²) >= 11 is 11.0. The molecule has 0 fully saturated rings. The Labute approximate surface area is 122 Å². The average molecular weight is 277 g/mol. The largest absolute Gasteiger partial charge is 1.00 e. The molecule has 0 radical (unpaired) electrons. The van der Waals surface area contributed by atoms with Crippen LogP contribution in [-0.2, 0) is 4.79 Å². The molecule has 0 aliphatic rings. The number of nitrogens with zero attached hydrogens (tertiary/aromatic N) is 1. The predicted octanol–water partition coefficient (Wildman–Crippen LogP) is -2.76. The number of anilines is 1. The molecule has 82 valence electrons. The van der Waals surface area contributed by atoms with E-state index < -0.39 is 29.4 Å². The van der Waals surface area contributed by atoms with Crippen molar-refractivity contribution in [1.29, 1.82) is 0 Å². The molecule has 0 saturated heterocycles. The average Bonchev–Trinajstić information content (AvgIpc) is 2.18. The number of halogens is 3. The van der Waals surface area contributed by atoms with Crippen LogP contribution in [0.5, 0.6) is 5.88 Å². The molecule has 5 nitrogen and oxygen atoms in total. The van der Waals surface area contributed by atoms with Gasteiger partial charge in [-0.15, -0.1) is 0 Å². The molecular formula is C7H4Cl2FN2NaO3. The van der Waals surface area contributed by atoms with E-state index >= 15 is 0 Å². The number of ether oxygens (including phenoxy) is 1. The minimum Gasteiger partial charge on any atom is -0.546 e.